The molecule has 112 valence electrons. The molecule has 20 heavy (non-hydrogen) atoms. The molecule has 1 aromatic rings. The monoisotopic (exact) mass is 343 g/mol. The summed E-state index contributed by atoms with van der Waals surface area (Å²) >= 11 is 3.56. The van der Waals surface area contributed by atoms with Crippen molar-refractivity contribution in [3.8, 4) is 11.5 Å². The molecule has 0 aliphatic carbocycles. The van der Waals surface area contributed by atoms with Gasteiger partial charge in [0.15, 0.2) is 11.5 Å². The fraction of sp³-hybridized carbons (Fsp3) is 0.600. The van der Waals surface area contributed by atoms with Crippen molar-refractivity contribution in [3.63, 3.8) is 0 Å². The number of hydrogen-bond acceptors (Lipinski definition) is 4. The fourth-order valence-electron chi connectivity index (χ4n) is 1.94. The van der Waals surface area contributed by atoms with Gasteiger partial charge >= 0.3 is 0 Å². The van der Waals surface area contributed by atoms with Crippen molar-refractivity contribution < 1.29 is 14.2 Å². The second-order valence-electron chi connectivity index (χ2n) is 5.30. The Morgan fingerprint density at radius 2 is 2.05 bits per heavy atom. The molecule has 0 spiro atoms. The molecule has 0 amide bonds. The first-order valence-corrected chi connectivity index (χ1v) is 7.82. The molecular weight excluding hydrogens is 322 g/mol. The van der Waals surface area contributed by atoms with Gasteiger partial charge in [0.25, 0.3) is 0 Å². The van der Waals surface area contributed by atoms with E-state index in [1.165, 1.54) is 5.56 Å². The van der Waals surface area contributed by atoms with Crippen LogP contribution in [0.2, 0.25) is 0 Å². The summed E-state index contributed by atoms with van der Waals surface area (Å²) in [5, 5.41) is 3.42. The lowest BCUT2D eigenvalue weighted by molar-refractivity contribution is 0.108. The van der Waals surface area contributed by atoms with Crippen molar-refractivity contribution >= 4 is 15.9 Å². The van der Waals surface area contributed by atoms with Crippen molar-refractivity contribution in [2.75, 3.05) is 26.6 Å². The molecule has 0 aromatic heterocycles. The molecule has 4 nitrogen and oxygen atoms in total. The Bertz CT molecular complexity index is 437. The predicted octanol–water partition coefficient (Wildman–Crippen LogP) is 3.33. The standard InChI is InChI=1S/C15H22BrNO3/c1-11(2)9-18-5-3-4-17-8-12-6-14-15(7-13(12)16)20-10-19-14/h6-7,11,17H,3-5,8-10H2,1-2H3. The second-order valence-corrected chi connectivity index (χ2v) is 6.15. The molecule has 0 saturated heterocycles. The van der Waals surface area contributed by atoms with E-state index in [9.17, 15) is 0 Å². The average molecular weight is 344 g/mol. The highest BCUT2D eigenvalue weighted by Gasteiger charge is 2.15. The summed E-state index contributed by atoms with van der Waals surface area (Å²) in [5.41, 5.74) is 1.18. The Kier molecular flexibility index (Phi) is 6.13. The van der Waals surface area contributed by atoms with Crippen LogP contribution in [-0.2, 0) is 11.3 Å². The second kappa shape index (κ2) is 7.86. The van der Waals surface area contributed by atoms with Crippen LogP contribution >= 0.6 is 15.9 Å². The molecule has 0 saturated carbocycles. The van der Waals surface area contributed by atoms with Gasteiger partial charge in [-0.05, 0) is 36.6 Å². The quantitative estimate of drug-likeness (QED) is 0.735. The van der Waals surface area contributed by atoms with Crippen LogP contribution < -0.4 is 14.8 Å². The minimum Gasteiger partial charge on any atom is -0.454 e. The SMILES string of the molecule is CC(C)COCCCNCc1cc2c(cc1Br)OCO2. The predicted molar refractivity (Wildman–Crippen MR) is 82.2 cm³/mol. The van der Waals surface area contributed by atoms with Gasteiger partial charge in [-0.15, -0.1) is 0 Å². The van der Waals surface area contributed by atoms with Crippen molar-refractivity contribution in [3.05, 3.63) is 22.2 Å². The van der Waals surface area contributed by atoms with E-state index in [1.807, 2.05) is 12.1 Å². The molecule has 0 radical (unpaired) electrons. The molecule has 1 aliphatic heterocycles. The van der Waals surface area contributed by atoms with Gasteiger partial charge in [0.05, 0.1) is 0 Å². The van der Waals surface area contributed by atoms with Crippen LogP contribution in [0, 0.1) is 5.92 Å². The molecule has 1 N–H and O–H groups in total. The molecule has 2 rings (SSSR count). The van der Waals surface area contributed by atoms with Gasteiger partial charge in [-0.1, -0.05) is 29.8 Å². The minimum absolute atomic E-state index is 0.311. The third-order valence-electron chi connectivity index (χ3n) is 2.95. The summed E-state index contributed by atoms with van der Waals surface area (Å²) in [7, 11) is 0. The molecule has 0 bridgehead atoms. The molecular formula is C15H22BrNO3. The maximum absolute atomic E-state index is 5.55. The highest BCUT2D eigenvalue weighted by atomic mass is 79.9. The van der Waals surface area contributed by atoms with Crippen LogP contribution in [0.25, 0.3) is 0 Å². The van der Waals surface area contributed by atoms with E-state index in [2.05, 4.69) is 35.1 Å². The number of nitrogens with one attached hydrogen (secondary N) is 1. The summed E-state index contributed by atoms with van der Waals surface area (Å²) in [6.07, 6.45) is 1.02. The van der Waals surface area contributed by atoms with Crippen molar-refractivity contribution in [1.82, 2.24) is 5.32 Å². The Hall–Kier alpha value is -0.780. The highest BCUT2D eigenvalue weighted by Crippen LogP contribution is 2.36. The Morgan fingerprint density at radius 3 is 2.80 bits per heavy atom. The zero-order valence-corrected chi connectivity index (χ0v) is 13.7. The van der Waals surface area contributed by atoms with Gasteiger partial charge in [-0.2, -0.15) is 0 Å². The van der Waals surface area contributed by atoms with E-state index in [0.29, 0.717) is 12.7 Å². The zero-order chi connectivity index (χ0) is 14.4. The smallest absolute Gasteiger partial charge is 0.231 e. The van der Waals surface area contributed by atoms with Gasteiger partial charge in [-0.3, -0.25) is 0 Å². The normalized spacial score (nSPS) is 13.2. The maximum atomic E-state index is 5.55. The molecule has 0 fully saturated rings. The van der Waals surface area contributed by atoms with Gasteiger partial charge in [0.1, 0.15) is 0 Å². The lowest BCUT2D eigenvalue weighted by Gasteiger charge is -2.09. The molecule has 0 atom stereocenters. The summed E-state index contributed by atoms with van der Waals surface area (Å²) < 4.78 is 17.3. The van der Waals surface area contributed by atoms with Crippen LogP contribution in [0.4, 0.5) is 0 Å². The highest BCUT2D eigenvalue weighted by molar-refractivity contribution is 9.10. The van der Waals surface area contributed by atoms with Crippen LogP contribution in [0.3, 0.4) is 0 Å². The van der Waals surface area contributed by atoms with Crippen molar-refractivity contribution in [2.24, 2.45) is 5.92 Å². The third-order valence-corrected chi connectivity index (χ3v) is 3.69. The van der Waals surface area contributed by atoms with Crippen LogP contribution in [0.15, 0.2) is 16.6 Å². The first-order chi connectivity index (χ1) is 9.66. The van der Waals surface area contributed by atoms with Crippen LogP contribution in [-0.4, -0.2) is 26.6 Å². The zero-order valence-electron chi connectivity index (χ0n) is 12.1. The number of benzene rings is 1. The van der Waals surface area contributed by atoms with Gasteiger partial charge in [0, 0.05) is 24.2 Å². The van der Waals surface area contributed by atoms with E-state index in [0.717, 1.165) is 48.7 Å². The summed E-state index contributed by atoms with van der Waals surface area (Å²) in [4.78, 5) is 0. The van der Waals surface area contributed by atoms with Crippen LogP contribution in [0.5, 0.6) is 11.5 Å². The van der Waals surface area contributed by atoms with Crippen LogP contribution in [0.1, 0.15) is 25.8 Å². The van der Waals surface area contributed by atoms with Gasteiger partial charge in [0.2, 0.25) is 6.79 Å². The largest absolute Gasteiger partial charge is 0.454 e. The number of ether oxygens (including phenoxy) is 3. The molecule has 1 aliphatic rings. The lowest BCUT2D eigenvalue weighted by atomic mass is 10.2. The molecule has 5 heteroatoms. The molecule has 1 aromatic carbocycles. The van der Waals surface area contributed by atoms with E-state index in [-0.39, 0.29) is 0 Å². The number of halogens is 1. The maximum Gasteiger partial charge on any atom is 0.231 e. The number of rotatable bonds is 8. The first kappa shape index (κ1) is 15.6. The minimum atomic E-state index is 0.311. The Balaban J connectivity index is 1.67. The van der Waals surface area contributed by atoms with Gasteiger partial charge in [-0.25, -0.2) is 0 Å². The lowest BCUT2D eigenvalue weighted by Crippen LogP contribution is -2.17. The van der Waals surface area contributed by atoms with E-state index >= 15 is 0 Å². The van der Waals surface area contributed by atoms with Crippen molar-refractivity contribution in [1.29, 1.82) is 0 Å². The van der Waals surface area contributed by atoms with Gasteiger partial charge < -0.3 is 19.5 Å². The Morgan fingerprint density at radius 1 is 1.30 bits per heavy atom. The summed E-state index contributed by atoms with van der Waals surface area (Å²) in [6.45, 7) is 8.04. The molecule has 1 heterocycles. The summed E-state index contributed by atoms with van der Waals surface area (Å²) in [6, 6.07) is 3.99. The van der Waals surface area contributed by atoms with Crippen molar-refractivity contribution in [2.45, 2.75) is 26.8 Å². The summed E-state index contributed by atoms with van der Waals surface area (Å²) in [5.74, 6) is 2.24. The number of fused-ring (bicyclic) bond motifs is 1. The Labute approximate surface area is 128 Å². The van der Waals surface area contributed by atoms with E-state index in [4.69, 9.17) is 14.2 Å². The fourth-order valence-corrected chi connectivity index (χ4v) is 2.40. The van der Waals surface area contributed by atoms with E-state index < -0.39 is 0 Å². The third kappa shape index (κ3) is 4.65. The topological polar surface area (TPSA) is 39.7 Å². The first-order valence-electron chi connectivity index (χ1n) is 7.03. The average Bonchev–Trinajstić information content (AvgIpc) is 2.84. The molecule has 0 unspecified atom stereocenters. The van der Waals surface area contributed by atoms with E-state index in [1.54, 1.807) is 0 Å². The number of hydrogen-bond donors (Lipinski definition) is 1.